The summed E-state index contributed by atoms with van der Waals surface area (Å²) in [5.74, 6) is 1.90. The summed E-state index contributed by atoms with van der Waals surface area (Å²) in [6.45, 7) is 2.01. The zero-order valence-electron chi connectivity index (χ0n) is 13.1. The molecule has 0 aromatic carbocycles. The molecule has 0 bridgehead atoms. The first-order chi connectivity index (χ1) is 11.2. The Hall–Kier alpha value is -1.94. The summed E-state index contributed by atoms with van der Waals surface area (Å²) in [5.41, 5.74) is 0. The minimum Gasteiger partial charge on any atom is -0.352 e. The van der Waals surface area contributed by atoms with Gasteiger partial charge in [0, 0.05) is 26.6 Å². The van der Waals surface area contributed by atoms with Crippen LogP contribution in [0.5, 0.6) is 0 Å². The largest absolute Gasteiger partial charge is 0.352 e. The van der Waals surface area contributed by atoms with Crippen LogP contribution in [0.1, 0.15) is 41.1 Å². The maximum Gasteiger partial charge on any atom is 0.292 e. The van der Waals surface area contributed by atoms with Crippen molar-refractivity contribution in [3.63, 3.8) is 0 Å². The molecule has 2 aromatic rings. The van der Waals surface area contributed by atoms with Gasteiger partial charge in [-0.1, -0.05) is 16.9 Å². The molecular weight excluding hydrogens is 318 g/mol. The Labute approximate surface area is 137 Å². The highest BCUT2D eigenvalue weighted by molar-refractivity contribution is 7.98. The molecule has 3 heterocycles. The normalized spacial score (nSPS) is 18.1. The molecule has 0 spiro atoms. The Morgan fingerprint density at radius 1 is 1.52 bits per heavy atom. The van der Waals surface area contributed by atoms with Gasteiger partial charge in [0.25, 0.3) is 11.7 Å². The predicted octanol–water partition coefficient (Wildman–Crippen LogP) is 0.317. The molecule has 0 unspecified atom stereocenters. The van der Waals surface area contributed by atoms with Crippen LogP contribution in [0, 0.1) is 0 Å². The molecule has 0 radical (unpaired) electrons. The van der Waals surface area contributed by atoms with Gasteiger partial charge in [0.05, 0.1) is 5.75 Å². The number of carbonyl (C=O) groups excluding carboxylic acids is 1. The molecule has 10 heteroatoms. The molecule has 9 nitrogen and oxygen atoms in total. The zero-order valence-corrected chi connectivity index (χ0v) is 13.9. The Bertz CT molecular complexity index is 678. The van der Waals surface area contributed by atoms with E-state index in [2.05, 4.69) is 31.0 Å². The van der Waals surface area contributed by atoms with Gasteiger partial charge in [-0.25, -0.2) is 0 Å². The van der Waals surface area contributed by atoms with Gasteiger partial charge in [0.2, 0.25) is 5.89 Å². The third-order valence-corrected chi connectivity index (χ3v) is 4.76. The number of aromatic nitrogens is 5. The van der Waals surface area contributed by atoms with Gasteiger partial charge in [0.1, 0.15) is 5.82 Å². The standard InChI is InChI=1S/C13H19N7O2S/c1-14-12(21)10-16-9(22-19-10)7-23-13-18-17-11(20(13)2)8-4-3-5-15-6-8/h8,15H,3-7H2,1-2H3,(H,14,21)/t8-/m1/s1. The number of thioether (sulfide) groups is 1. The molecule has 3 rings (SSSR count). The molecule has 1 aliphatic rings. The zero-order chi connectivity index (χ0) is 16.2. The highest BCUT2D eigenvalue weighted by Gasteiger charge is 2.22. The molecule has 1 amide bonds. The molecular formula is C13H19N7O2S. The van der Waals surface area contributed by atoms with Gasteiger partial charge < -0.3 is 19.7 Å². The van der Waals surface area contributed by atoms with E-state index < -0.39 is 0 Å². The van der Waals surface area contributed by atoms with E-state index in [4.69, 9.17) is 4.52 Å². The molecule has 1 atom stereocenters. The van der Waals surface area contributed by atoms with Gasteiger partial charge in [-0.2, -0.15) is 4.98 Å². The minimum absolute atomic E-state index is 0.0371. The summed E-state index contributed by atoms with van der Waals surface area (Å²) < 4.78 is 7.07. The topological polar surface area (TPSA) is 111 Å². The number of hydrogen-bond donors (Lipinski definition) is 2. The van der Waals surface area contributed by atoms with E-state index in [0.717, 1.165) is 36.9 Å². The fraction of sp³-hybridized carbons (Fsp3) is 0.615. The lowest BCUT2D eigenvalue weighted by atomic mass is 9.99. The Balaban J connectivity index is 1.63. The molecule has 2 aromatic heterocycles. The van der Waals surface area contributed by atoms with Crippen molar-refractivity contribution in [3.8, 4) is 0 Å². The summed E-state index contributed by atoms with van der Waals surface area (Å²) in [5, 5.41) is 18.8. The number of piperidine rings is 1. The van der Waals surface area contributed by atoms with Crippen molar-refractivity contribution >= 4 is 17.7 Å². The Morgan fingerprint density at radius 3 is 3.13 bits per heavy atom. The van der Waals surface area contributed by atoms with Crippen LogP contribution in [0.15, 0.2) is 9.68 Å². The van der Waals surface area contributed by atoms with Crippen LogP contribution in [0.4, 0.5) is 0 Å². The first-order valence-electron chi connectivity index (χ1n) is 7.46. The molecule has 1 fully saturated rings. The quantitative estimate of drug-likeness (QED) is 0.750. The number of nitrogens with one attached hydrogen (secondary N) is 2. The van der Waals surface area contributed by atoms with Crippen LogP contribution in [-0.2, 0) is 12.8 Å². The molecule has 1 aliphatic heterocycles. The summed E-state index contributed by atoms with van der Waals surface area (Å²) in [6.07, 6.45) is 2.28. The SMILES string of the molecule is CNC(=O)c1noc(CSc2nnc([C@@H]3CCCNC3)n2C)n1. The van der Waals surface area contributed by atoms with E-state index in [1.165, 1.54) is 18.8 Å². The summed E-state index contributed by atoms with van der Waals surface area (Å²) in [4.78, 5) is 15.4. The lowest BCUT2D eigenvalue weighted by molar-refractivity contribution is 0.0950. The van der Waals surface area contributed by atoms with Crippen molar-refractivity contribution in [2.45, 2.75) is 29.7 Å². The number of carbonyl (C=O) groups is 1. The summed E-state index contributed by atoms with van der Waals surface area (Å²) in [6, 6.07) is 0. The van der Waals surface area contributed by atoms with Crippen LogP contribution in [0.2, 0.25) is 0 Å². The van der Waals surface area contributed by atoms with E-state index >= 15 is 0 Å². The monoisotopic (exact) mass is 337 g/mol. The van der Waals surface area contributed by atoms with E-state index in [0.29, 0.717) is 17.6 Å². The van der Waals surface area contributed by atoms with Crippen LogP contribution in [0.25, 0.3) is 0 Å². The van der Waals surface area contributed by atoms with Crippen LogP contribution < -0.4 is 10.6 Å². The maximum atomic E-state index is 11.4. The smallest absolute Gasteiger partial charge is 0.292 e. The molecule has 1 saturated heterocycles. The third kappa shape index (κ3) is 3.53. The van der Waals surface area contributed by atoms with E-state index in [9.17, 15) is 4.79 Å². The predicted molar refractivity (Wildman–Crippen MR) is 83.1 cm³/mol. The molecule has 0 aliphatic carbocycles. The van der Waals surface area contributed by atoms with Gasteiger partial charge >= 0.3 is 0 Å². The summed E-state index contributed by atoms with van der Waals surface area (Å²) >= 11 is 1.46. The lowest BCUT2D eigenvalue weighted by Gasteiger charge is -2.21. The third-order valence-electron chi connectivity index (χ3n) is 3.75. The number of rotatable bonds is 5. The van der Waals surface area contributed by atoms with Crippen molar-refractivity contribution < 1.29 is 9.32 Å². The molecule has 23 heavy (non-hydrogen) atoms. The number of amides is 1. The highest BCUT2D eigenvalue weighted by Crippen LogP contribution is 2.26. The molecule has 2 N–H and O–H groups in total. The number of nitrogens with zero attached hydrogens (tertiary/aromatic N) is 5. The van der Waals surface area contributed by atoms with Crippen molar-refractivity contribution in [1.29, 1.82) is 0 Å². The fourth-order valence-corrected chi connectivity index (χ4v) is 3.28. The van der Waals surface area contributed by atoms with Gasteiger partial charge in [0.15, 0.2) is 5.16 Å². The first-order valence-corrected chi connectivity index (χ1v) is 8.45. The van der Waals surface area contributed by atoms with E-state index in [1.54, 1.807) is 0 Å². The second-order valence-electron chi connectivity index (χ2n) is 5.32. The molecule has 0 saturated carbocycles. The van der Waals surface area contributed by atoms with Gasteiger partial charge in [-0.15, -0.1) is 10.2 Å². The van der Waals surface area contributed by atoms with E-state index in [-0.39, 0.29) is 11.7 Å². The van der Waals surface area contributed by atoms with Gasteiger partial charge in [-0.05, 0) is 19.4 Å². The Kier molecular flexibility index (Phi) is 4.91. The lowest BCUT2D eigenvalue weighted by Crippen LogP contribution is -2.29. The minimum atomic E-state index is -0.365. The van der Waals surface area contributed by atoms with Crippen LogP contribution in [0.3, 0.4) is 0 Å². The van der Waals surface area contributed by atoms with Crippen molar-refractivity contribution in [3.05, 3.63) is 17.5 Å². The average Bonchev–Trinajstić information content (AvgIpc) is 3.20. The van der Waals surface area contributed by atoms with Crippen molar-refractivity contribution in [1.82, 2.24) is 35.5 Å². The number of hydrogen-bond acceptors (Lipinski definition) is 8. The second kappa shape index (κ2) is 7.09. The van der Waals surface area contributed by atoms with Crippen molar-refractivity contribution in [2.75, 3.05) is 20.1 Å². The Morgan fingerprint density at radius 2 is 2.39 bits per heavy atom. The second-order valence-corrected chi connectivity index (χ2v) is 6.27. The fourth-order valence-electron chi connectivity index (χ4n) is 2.52. The van der Waals surface area contributed by atoms with Gasteiger partial charge in [-0.3, -0.25) is 4.79 Å². The average molecular weight is 337 g/mol. The molecule has 124 valence electrons. The highest BCUT2D eigenvalue weighted by atomic mass is 32.2. The maximum absolute atomic E-state index is 11.4. The first kappa shape index (κ1) is 15.9. The van der Waals surface area contributed by atoms with Crippen molar-refractivity contribution in [2.24, 2.45) is 7.05 Å². The van der Waals surface area contributed by atoms with Crippen LogP contribution in [-0.4, -0.2) is 50.9 Å². The summed E-state index contributed by atoms with van der Waals surface area (Å²) in [7, 11) is 3.49. The van der Waals surface area contributed by atoms with Crippen LogP contribution >= 0.6 is 11.8 Å². The van der Waals surface area contributed by atoms with E-state index in [1.807, 2.05) is 11.6 Å².